The zero-order valence-electron chi connectivity index (χ0n) is 13.6. The van der Waals surface area contributed by atoms with Gasteiger partial charge < -0.3 is 24.6 Å². The lowest BCUT2D eigenvalue weighted by molar-refractivity contribution is -0.204. The highest BCUT2D eigenvalue weighted by molar-refractivity contribution is 5.62. The van der Waals surface area contributed by atoms with Crippen molar-refractivity contribution < 1.29 is 19.7 Å². The number of hydrogen-bond donors (Lipinski definition) is 2. The molecule has 5 heteroatoms. The molecule has 5 atom stereocenters. The minimum absolute atomic E-state index is 0.0849. The van der Waals surface area contributed by atoms with Gasteiger partial charge in [0.25, 0.3) is 0 Å². The monoisotopic (exact) mass is 317 g/mol. The third-order valence-electron chi connectivity index (χ3n) is 6.90. The Bertz CT molecular complexity index is 692. The average molecular weight is 317 g/mol. The minimum Gasteiger partial charge on any atom is -0.493 e. The summed E-state index contributed by atoms with van der Waals surface area (Å²) < 4.78 is 11.8. The molecule has 0 amide bonds. The number of likely N-dealkylation sites (tertiary alicyclic amines) is 1. The molecule has 1 spiro atoms. The van der Waals surface area contributed by atoms with E-state index in [1.54, 1.807) is 7.11 Å². The van der Waals surface area contributed by atoms with Crippen LogP contribution in [-0.4, -0.2) is 59.7 Å². The van der Waals surface area contributed by atoms with E-state index in [4.69, 9.17) is 9.47 Å². The van der Waals surface area contributed by atoms with Crippen molar-refractivity contribution in [3.8, 4) is 11.5 Å². The van der Waals surface area contributed by atoms with E-state index in [0.29, 0.717) is 18.6 Å². The van der Waals surface area contributed by atoms with Crippen LogP contribution in [0.4, 0.5) is 0 Å². The summed E-state index contributed by atoms with van der Waals surface area (Å²) in [7, 11) is 3.74. The summed E-state index contributed by atoms with van der Waals surface area (Å²) in [6.07, 6.45) is 1.93. The maximum atomic E-state index is 11.8. The van der Waals surface area contributed by atoms with Gasteiger partial charge in [0.1, 0.15) is 6.10 Å². The summed E-state index contributed by atoms with van der Waals surface area (Å²) in [5, 5.41) is 22.4. The Morgan fingerprint density at radius 3 is 2.96 bits per heavy atom. The van der Waals surface area contributed by atoms with Crippen molar-refractivity contribution in [2.24, 2.45) is 0 Å². The van der Waals surface area contributed by atoms with Crippen molar-refractivity contribution in [1.29, 1.82) is 0 Å². The SMILES string of the molecule is COc1ccc2c3c1O[C@H]1C(O)CC[C@@]4(O)[C@@H](C2)N(C)CC[C@]314. The number of likely N-dealkylation sites (N-methyl/N-ethyl adjacent to an activating group) is 1. The molecule has 1 unspecified atom stereocenters. The van der Waals surface area contributed by atoms with Gasteiger partial charge in [-0.05, 0) is 50.9 Å². The summed E-state index contributed by atoms with van der Waals surface area (Å²) in [6, 6.07) is 4.15. The standard InChI is InChI=1S/C18H23NO4/c1-19-8-7-17-14-10-3-4-12(22-2)15(14)23-16(17)11(20)5-6-18(17,21)13(19)9-10/h3-4,11,13,16,20-21H,5-9H2,1-2H3/t11?,13-,16+,17+,18-/m1/s1. The molecule has 2 aliphatic heterocycles. The van der Waals surface area contributed by atoms with Crippen LogP contribution in [0.2, 0.25) is 0 Å². The fourth-order valence-electron chi connectivity index (χ4n) is 5.88. The van der Waals surface area contributed by atoms with E-state index < -0.39 is 17.1 Å². The molecule has 0 radical (unpaired) electrons. The number of hydrogen-bond acceptors (Lipinski definition) is 5. The average Bonchev–Trinajstić information content (AvgIpc) is 2.90. The number of rotatable bonds is 1. The van der Waals surface area contributed by atoms with Crippen LogP contribution < -0.4 is 9.47 Å². The van der Waals surface area contributed by atoms with Crippen molar-refractivity contribution in [2.75, 3.05) is 20.7 Å². The highest BCUT2D eigenvalue weighted by Crippen LogP contribution is 2.65. The van der Waals surface area contributed by atoms with Crippen LogP contribution >= 0.6 is 0 Å². The second-order valence-electron chi connectivity index (χ2n) is 7.62. The van der Waals surface area contributed by atoms with Crippen LogP contribution in [0.15, 0.2) is 12.1 Å². The second kappa shape index (κ2) is 4.21. The van der Waals surface area contributed by atoms with Gasteiger partial charge >= 0.3 is 0 Å². The topological polar surface area (TPSA) is 62.2 Å². The van der Waals surface area contributed by atoms with Gasteiger partial charge in [0.15, 0.2) is 11.5 Å². The van der Waals surface area contributed by atoms with E-state index >= 15 is 0 Å². The molecular formula is C18H23NO4. The molecule has 124 valence electrons. The predicted molar refractivity (Wildman–Crippen MR) is 84.0 cm³/mol. The van der Waals surface area contributed by atoms with Crippen LogP contribution in [0.3, 0.4) is 0 Å². The fourth-order valence-corrected chi connectivity index (χ4v) is 5.88. The third-order valence-corrected chi connectivity index (χ3v) is 6.90. The van der Waals surface area contributed by atoms with E-state index in [2.05, 4.69) is 18.0 Å². The minimum atomic E-state index is -0.839. The van der Waals surface area contributed by atoms with Crippen LogP contribution in [0.25, 0.3) is 0 Å². The number of piperidine rings is 1. The van der Waals surface area contributed by atoms with Gasteiger partial charge in [-0.3, -0.25) is 0 Å². The van der Waals surface area contributed by atoms with E-state index in [1.807, 2.05) is 6.07 Å². The number of aliphatic hydroxyl groups is 2. The molecule has 2 fully saturated rings. The first kappa shape index (κ1) is 14.1. The summed E-state index contributed by atoms with van der Waals surface area (Å²) in [4.78, 5) is 2.28. The fraction of sp³-hybridized carbons (Fsp3) is 0.667. The van der Waals surface area contributed by atoms with E-state index in [1.165, 1.54) is 5.56 Å². The largest absolute Gasteiger partial charge is 0.493 e. The summed E-state index contributed by atoms with van der Waals surface area (Å²) >= 11 is 0. The van der Waals surface area contributed by atoms with Crippen molar-refractivity contribution in [3.05, 3.63) is 23.3 Å². The Kier molecular flexibility index (Phi) is 2.57. The molecule has 5 rings (SSSR count). The van der Waals surface area contributed by atoms with E-state index in [-0.39, 0.29) is 12.1 Å². The normalized spacial score (nSPS) is 43.7. The van der Waals surface area contributed by atoms with Gasteiger partial charge in [0, 0.05) is 11.6 Å². The summed E-state index contributed by atoms with van der Waals surface area (Å²) in [5.41, 5.74) is 0.999. The molecule has 23 heavy (non-hydrogen) atoms. The molecule has 2 N–H and O–H groups in total. The molecule has 2 bridgehead atoms. The first-order valence-corrected chi connectivity index (χ1v) is 8.50. The van der Waals surface area contributed by atoms with E-state index in [0.717, 1.165) is 30.7 Å². The Balaban J connectivity index is 1.84. The highest BCUT2D eigenvalue weighted by Gasteiger charge is 2.72. The Hall–Kier alpha value is -1.30. The summed E-state index contributed by atoms with van der Waals surface area (Å²) in [6.45, 7) is 0.912. The van der Waals surface area contributed by atoms with Gasteiger partial charge in [-0.1, -0.05) is 6.07 Å². The highest BCUT2D eigenvalue weighted by atomic mass is 16.5. The van der Waals surface area contributed by atoms with Gasteiger partial charge in [0.05, 0.1) is 24.2 Å². The summed E-state index contributed by atoms with van der Waals surface area (Å²) in [5.74, 6) is 1.46. The lowest BCUT2D eigenvalue weighted by Gasteiger charge is -2.63. The third kappa shape index (κ3) is 1.37. The maximum absolute atomic E-state index is 11.8. The molecule has 1 saturated heterocycles. The number of aliphatic hydroxyl groups excluding tert-OH is 1. The Labute approximate surface area is 135 Å². The zero-order valence-corrected chi connectivity index (χ0v) is 13.6. The molecule has 0 aromatic heterocycles. The Morgan fingerprint density at radius 2 is 2.17 bits per heavy atom. The van der Waals surface area contributed by atoms with Gasteiger partial charge in [-0.25, -0.2) is 0 Å². The van der Waals surface area contributed by atoms with Crippen molar-refractivity contribution in [2.45, 2.75) is 54.9 Å². The van der Waals surface area contributed by atoms with Gasteiger partial charge in [-0.2, -0.15) is 0 Å². The van der Waals surface area contributed by atoms with Crippen LogP contribution in [0.5, 0.6) is 11.5 Å². The first-order chi connectivity index (χ1) is 11.0. The van der Waals surface area contributed by atoms with Crippen LogP contribution in [0.1, 0.15) is 30.4 Å². The molecule has 1 saturated carbocycles. The number of nitrogens with zero attached hydrogens (tertiary/aromatic N) is 1. The molecule has 4 aliphatic rings. The number of benzene rings is 1. The quantitative estimate of drug-likeness (QED) is 0.804. The van der Waals surface area contributed by atoms with Gasteiger partial charge in [-0.15, -0.1) is 0 Å². The molecular weight excluding hydrogens is 294 g/mol. The van der Waals surface area contributed by atoms with Gasteiger partial charge in [0.2, 0.25) is 0 Å². The van der Waals surface area contributed by atoms with Crippen LogP contribution in [-0.2, 0) is 11.8 Å². The first-order valence-electron chi connectivity index (χ1n) is 8.50. The van der Waals surface area contributed by atoms with Crippen LogP contribution in [0, 0.1) is 0 Å². The van der Waals surface area contributed by atoms with Crippen molar-refractivity contribution >= 4 is 0 Å². The maximum Gasteiger partial charge on any atom is 0.166 e. The molecule has 2 heterocycles. The molecule has 5 nitrogen and oxygen atoms in total. The Morgan fingerprint density at radius 1 is 1.35 bits per heavy atom. The molecule has 2 aliphatic carbocycles. The molecule has 1 aromatic carbocycles. The van der Waals surface area contributed by atoms with Crippen molar-refractivity contribution in [3.63, 3.8) is 0 Å². The smallest absolute Gasteiger partial charge is 0.166 e. The van der Waals surface area contributed by atoms with Crippen molar-refractivity contribution in [1.82, 2.24) is 4.90 Å². The number of ether oxygens (including phenoxy) is 2. The zero-order chi connectivity index (χ0) is 16.0. The second-order valence-corrected chi connectivity index (χ2v) is 7.62. The predicted octanol–water partition coefficient (Wildman–Crippen LogP) is 0.840. The molecule has 1 aromatic rings. The van der Waals surface area contributed by atoms with E-state index in [9.17, 15) is 10.2 Å². The lowest BCUT2D eigenvalue weighted by atomic mass is 9.49. The number of methoxy groups -OCH3 is 1. The lowest BCUT2D eigenvalue weighted by Crippen LogP contribution is -2.76.